The van der Waals surface area contributed by atoms with E-state index >= 15 is 0 Å². The van der Waals surface area contributed by atoms with Gasteiger partial charge in [0.15, 0.2) is 0 Å². The molecule has 0 spiro atoms. The molecule has 3 rings (SSSR count). The number of hydrogen-bond acceptors (Lipinski definition) is 4. The van der Waals surface area contributed by atoms with E-state index in [1.54, 1.807) is 0 Å². The molecule has 0 aliphatic carbocycles. The average Bonchev–Trinajstić information content (AvgIpc) is 3.10. The lowest BCUT2D eigenvalue weighted by Crippen LogP contribution is -2.11. The van der Waals surface area contributed by atoms with E-state index in [2.05, 4.69) is 60.5 Å². The van der Waals surface area contributed by atoms with Crippen LogP contribution in [0.3, 0.4) is 0 Å². The number of aromatic nitrogens is 2. The lowest BCUT2D eigenvalue weighted by atomic mass is 9.87. The van der Waals surface area contributed by atoms with Crippen LogP contribution < -0.4 is 5.32 Å². The number of hydrogen-bond donors (Lipinski definition) is 1. The highest BCUT2D eigenvalue weighted by atomic mass is 16.5. The van der Waals surface area contributed by atoms with Gasteiger partial charge in [-0.25, -0.2) is 0 Å². The molecule has 4 heteroatoms. The summed E-state index contributed by atoms with van der Waals surface area (Å²) >= 11 is 0. The molecule has 21 heavy (non-hydrogen) atoms. The first-order valence-corrected chi connectivity index (χ1v) is 7.66. The van der Waals surface area contributed by atoms with Crippen LogP contribution in [0.25, 0.3) is 11.4 Å². The highest BCUT2D eigenvalue weighted by Gasteiger charge is 2.19. The van der Waals surface area contributed by atoms with Crippen LogP contribution in [0.2, 0.25) is 0 Å². The molecule has 0 bridgehead atoms. The Morgan fingerprint density at radius 3 is 2.62 bits per heavy atom. The minimum atomic E-state index is 0.163. The summed E-state index contributed by atoms with van der Waals surface area (Å²) in [5.41, 5.74) is 2.49. The molecule has 2 heterocycles. The van der Waals surface area contributed by atoms with Crippen molar-refractivity contribution in [2.24, 2.45) is 5.92 Å². The number of nitrogens with one attached hydrogen (secondary N) is 1. The third-order valence-electron chi connectivity index (χ3n) is 4.10. The fourth-order valence-electron chi connectivity index (χ4n) is 2.71. The lowest BCUT2D eigenvalue weighted by molar-refractivity contribution is 0.358. The molecule has 1 aromatic carbocycles. The summed E-state index contributed by atoms with van der Waals surface area (Å²) < 4.78 is 5.39. The van der Waals surface area contributed by atoms with Crippen molar-refractivity contribution < 1.29 is 4.52 Å². The van der Waals surface area contributed by atoms with Crippen molar-refractivity contribution in [1.29, 1.82) is 0 Å². The number of benzene rings is 1. The van der Waals surface area contributed by atoms with E-state index < -0.39 is 0 Å². The third-order valence-corrected chi connectivity index (χ3v) is 4.10. The van der Waals surface area contributed by atoms with E-state index in [-0.39, 0.29) is 5.41 Å². The van der Waals surface area contributed by atoms with Crippen LogP contribution in [-0.4, -0.2) is 23.2 Å². The zero-order chi connectivity index (χ0) is 14.9. The molecule has 1 saturated heterocycles. The summed E-state index contributed by atoms with van der Waals surface area (Å²) in [5, 5.41) is 7.48. The number of rotatable bonds is 3. The minimum absolute atomic E-state index is 0.163. The van der Waals surface area contributed by atoms with E-state index in [1.165, 1.54) is 12.0 Å². The molecule has 0 radical (unpaired) electrons. The molecule has 0 unspecified atom stereocenters. The van der Waals surface area contributed by atoms with Gasteiger partial charge in [0.1, 0.15) is 0 Å². The molecule has 112 valence electrons. The monoisotopic (exact) mass is 285 g/mol. The minimum Gasteiger partial charge on any atom is -0.339 e. The van der Waals surface area contributed by atoms with Crippen molar-refractivity contribution in [3.05, 3.63) is 35.7 Å². The molecule has 1 atom stereocenters. The summed E-state index contributed by atoms with van der Waals surface area (Å²) in [6.07, 6.45) is 2.07. The standard InChI is InChI=1S/C17H23N3O/c1-17(2,3)14-6-4-13(5-7-14)16-19-15(21-20-16)10-12-8-9-18-11-12/h4-7,12,18H,8-11H2,1-3H3/t12-/m1/s1. The van der Waals surface area contributed by atoms with Crippen LogP contribution in [0.15, 0.2) is 28.8 Å². The quantitative estimate of drug-likeness (QED) is 0.941. The Bertz CT molecular complexity index is 589. The maximum absolute atomic E-state index is 5.39. The van der Waals surface area contributed by atoms with Gasteiger partial charge >= 0.3 is 0 Å². The Labute approximate surface area is 126 Å². The largest absolute Gasteiger partial charge is 0.339 e. The first kappa shape index (κ1) is 14.3. The summed E-state index contributed by atoms with van der Waals surface area (Å²) in [5.74, 6) is 2.07. The van der Waals surface area contributed by atoms with E-state index in [0.29, 0.717) is 11.7 Å². The van der Waals surface area contributed by atoms with Crippen molar-refractivity contribution in [3.8, 4) is 11.4 Å². The predicted octanol–water partition coefficient (Wildman–Crippen LogP) is 3.19. The third kappa shape index (κ3) is 3.32. The molecule has 1 fully saturated rings. The summed E-state index contributed by atoms with van der Waals surface area (Å²) in [6.45, 7) is 8.79. The highest BCUT2D eigenvalue weighted by molar-refractivity contribution is 5.55. The summed E-state index contributed by atoms with van der Waals surface area (Å²) in [7, 11) is 0. The van der Waals surface area contributed by atoms with Crippen LogP contribution in [0.4, 0.5) is 0 Å². The average molecular weight is 285 g/mol. The molecule has 1 aliphatic rings. The SMILES string of the molecule is CC(C)(C)c1ccc(-c2noc(C[C@H]3CCNC3)n2)cc1. The second-order valence-corrected chi connectivity index (χ2v) is 6.90. The second-order valence-electron chi connectivity index (χ2n) is 6.90. The Balaban J connectivity index is 1.73. The molecular weight excluding hydrogens is 262 g/mol. The van der Waals surface area contributed by atoms with E-state index in [4.69, 9.17) is 4.52 Å². The topological polar surface area (TPSA) is 51.0 Å². The van der Waals surface area contributed by atoms with Gasteiger partial charge in [-0.1, -0.05) is 50.2 Å². The van der Waals surface area contributed by atoms with Crippen LogP contribution in [0.1, 0.15) is 38.6 Å². The van der Waals surface area contributed by atoms with Crippen molar-refractivity contribution >= 4 is 0 Å². The van der Waals surface area contributed by atoms with Gasteiger partial charge in [-0.3, -0.25) is 0 Å². The molecule has 1 N–H and O–H groups in total. The normalized spacial score (nSPS) is 19.1. The maximum atomic E-state index is 5.39. The van der Waals surface area contributed by atoms with Crippen molar-refractivity contribution in [2.45, 2.75) is 39.0 Å². The van der Waals surface area contributed by atoms with Gasteiger partial charge < -0.3 is 9.84 Å². The highest BCUT2D eigenvalue weighted by Crippen LogP contribution is 2.25. The molecular formula is C17H23N3O. The molecule has 1 aromatic heterocycles. The van der Waals surface area contributed by atoms with Crippen LogP contribution in [0.5, 0.6) is 0 Å². The Morgan fingerprint density at radius 1 is 1.24 bits per heavy atom. The molecule has 4 nitrogen and oxygen atoms in total. The van der Waals surface area contributed by atoms with E-state index in [1.807, 2.05) is 0 Å². The Kier molecular flexibility index (Phi) is 3.81. The van der Waals surface area contributed by atoms with Gasteiger partial charge in [0.2, 0.25) is 11.7 Å². The Hall–Kier alpha value is -1.68. The van der Waals surface area contributed by atoms with Crippen molar-refractivity contribution in [1.82, 2.24) is 15.5 Å². The van der Waals surface area contributed by atoms with Gasteiger partial charge in [-0.2, -0.15) is 4.98 Å². The zero-order valence-corrected chi connectivity index (χ0v) is 13.0. The van der Waals surface area contributed by atoms with Crippen LogP contribution in [0, 0.1) is 5.92 Å². The van der Waals surface area contributed by atoms with Gasteiger partial charge in [0, 0.05) is 12.0 Å². The summed E-state index contributed by atoms with van der Waals surface area (Å²) in [6, 6.07) is 8.44. The molecule has 0 saturated carbocycles. The first-order chi connectivity index (χ1) is 10.0. The lowest BCUT2D eigenvalue weighted by Gasteiger charge is -2.18. The molecule has 2 aromatic rings. The van der Waals surface area contributed by atoms with E-state index in [9.17, 15) is 0 Å². The van der Waals surface area contributed by atoms with Crippen molar-refractivity contribution in [3.63, 3.8) is 0 Å². The van der Waals surface area contributed by atoms with Crippen LogP contribution >= 0.6 is 0 Å². The van der Waals surface area contributed by atoms with Gasteiger partial charge in [0.05, 0.1) is 0 Å². The molecule has 1 aliphatic heterocycles. The second kappa shape index (κ2) is 5.60. The van der Waals surface area contributed by atoms with E-state index in [0.717, 1.165) is 31.0 Å². The fourth-order valence-corrected chi connectivity index (χ4v) is 2.71. The molecule has 0 amide bonds. The predicted molar refractivity (Wildman–Crippen MR) is 83.1 cm³/mol. The Morgan fingerprint density at radius 2 is 2.00 bits per heavy atom. The van der Waals surface area contributed by atoms with Gasteiger partial charge in [-0.15, -0.1) is 0 Å². The zero-order valence-electron chi connectivity index (χ0n) is 13.0. The smallest absolute Gasteiger partial charge is 0.227 e. The maximum Gasteiger partial charge on any atom is 0.227 e. The summed E-state index contributed by atoms with van der Waals surface area (Å²) in [4.78, 5) is 4.53. The van der Waals surface area contributed by atoms with Crippen LogP contribution in [-0.2, 0) is 11.8 Å². The fraction of sp³-hybridized carbons (Fsp3) is 0.529. The van der Waals surface area contributed by atoms with Crippen molar-refractivity contribution in [2.75, 3.05) is 13.1 Å². The van der Waals surface area contributed by atoms with Gasteiger partial charge in [-0.05, 0) is 36.4 Å². The first-order valence-electron chi connectivity index (χ1n) is 7.66. The number of nitrogens with zero attached hydrogens (tertiary/aromatic N) is 2. The van der Waals surface area contributed by atoms with Gasteiger partial charge in [0.25, 0.3) is 0 Å².